The molecule has 14 heavy (non-hydrogen) atoms. The number of hydrogen-bond donors (Lipinski definition) is 0. The Morgan fingerprint density at radius 1 is 0.929 bits per heavy atom. The highest BCUT2D eigenvalue weighted by Gasteiger charge is 2.60. The average molecular weight is 194 g/mol. The van der Waals surface area contributed by atoms with Crippen molar-refractivity contribution in [1.29, 1.82) is 0 Å². The molecule has 2 aliphatic rings. The Morgan fingerprint density at radius 3 is 1.64 bits per heavy atom. The van der Waals surface area contributed by atoms with E-state index in [0.717, 1.165) is 0 Å². The van der Waals surface area contributed by atoms with Gasteiger partial charge in [0.05, 0.1) is 17.8 Å². The minimum atomic E-state index is -0.399. The molecule has 2 atom stereocenters. The summed E-state index contributed by atoms with van der Waals surface area (Å²) in [5.41, 5.74) is 0.0775. The molecular formula is C10H20B2O2. The Labute approximate surface area is 88.5 Å². The Kier molecular flexibility index (Phi) is 1.95. The number of rotatable bonds is 0. The van der Waals surface area contributed by atoms with E-state index in [2.05, 4.69) is 27.7 Å². The summed E-state index contributed by atoms with van der Waals surface area (Å²) in [5, 5.41) is 0. The summed E-state index contributed by atoms with van der Waals surface area (Å²) in [7, 11) is 4.02. The van der Waals surface area contributed by atoms with Crippen LogP contribution in [0.3, 0.4) is 0 Å². The first-order valence-electron chi connectivity index (χ1n) is 5.50. The molecule has 0 spiro atoms. The number of hydrogen-bond acceptors (Lipinski definition) is 2. The lowest BCUT2D eigenvalue weighted by Gasteiger charge is -2.30. The van der Waals surface area contributed by atoms with Crippen LogP contribution in [0.4, 0.5) is 0 Å². The predicted octanol–water partition coefficient (Wildman–Crippen LogP) is 0.104. The average Bonchev–Trinajstić information content (AvgIpc) is 2.30. The molecule has 2 unspecified atom stereocenters. The first-order valence-corrected chi connectivity index (χ1v) is 5.50. The second-order valence-electron chi connectivity index (χ2n) is 6.63. The van der Waals surface area contributed by atoms with E-state index in [-0.39, 0.29) is 23.0 Å². The second kappa shape index (κ2) is 2.59. The largest absolute Gasteiger partial charge is 0.361 e. The molecule has 2 fully saturated rings. The molecule has 2 nitrogen and oxygen atoms in total. The van der Waals surface area contributed by atoms with Crippen molar-refractivity contribution in [3.05, 3.63) is 0 Å². The maximum Gasteiger partial charge on any atom is 0.165 e. The van der Waals surface area contributed by atoms with Gasteiger partial charge in [-0.15, -0.1) is 0 Å². The molecule has 0 aromatic rings. The fourth-order valence-electron chi connectivity index (χ4n) is 3.28. The van der Waals surface area contributed by atoms with Crippen LogP contribution in [0, 0.1) is 10.8 Å². The van der Waals surface area contributed by atoms with Crippen molar-refractivity contribution in [2.45, 2.75) is 51.9 Å². The van der Waals surface area contributed by atoms with Gasteiger partial charge in [0, 0.05) is 0 Å². The molecule has 4 heteroatoms. The van der Waals surface area contributed by atoms with Crippen LogP contribution in [-0.4, -0.2) is 33.5 Å². The summed E-state index contributed by atoms with van der Waals surface area (Å²) in [5.74, 6) is 0. The van der Waals surface area contributed by atoms with Crippen LogP contribution in [0.5, 0.6) is 0 Å². The summed E-state index contributed by atoms with van der Waals surface area (Å²) in [6.45, 7) is 9.13. The first-order chi connectivity index (χ1) is 6.14. The van der Waals surface area contributed by atoms with Crippen molar-refractivity contribution in [3.63, 3.8) is 0 Å². The Morgan fingerprint density at radius 2 is 1.29 bits per heavy atom. The molecule has 0 amide bonds. The molecule has 0 N–H and O–H groups in total. The van der Waals surface area contributed by atoms with Crippen molar-refractivity contribution in [1.82, 2.24) is 0 Å². The first kappa shape index (κ1) is 10.6. The van der Waals surface area contributed by atoms with E-state index in [9.17, 15) is 0 Å². The zero-order valence-corrected chi connectivity index (χ0v) is 10.2. The fourth-order valence-corrected chi connectivity index (χ4v) is 3.28. The van der Waals surface area contributed by atoms with Crippen LogP contribution in [0.15, 0.2) is 0 Å². The standard InChI is InChI=1S/C10H20B2O2/c1-8(2)5-9(3,4)7-6(8)13-10(11,12)14-7/h6-7H,5,11-12H2,1-4H3. The van der Waals surface area contributed by atoms with Crippen LogP contribution in [0.2, 0.25) is 0 Å². The highest BCUT2D eigenvalue weighted by molar-refractivity contribution is 6.37. The van der Waals surface area contributed by atoms with Crippen LogP contribution < -0.4 is 0 Å². The van der Waals surface area contributed by atoms with E-state index in [1.165, 1.54) is 6.42 Å². The lowest BCUT2D eigenvalue weighted by molar-refractivity contribution is -0.0825. The quantitative estimate of drug-likeness (QED) is 0.509. The molecule has 1 saturated carbocycles. The van der Waals surface area contributed by atoms with Gasteiger partial charge in [-0.2, -0.15) is 0 Å². The van der Waals surface area contributed by atoms with E-state index in [1.54, 1.807) is 0 Å². The van der Waals surface area contributed by atoms with Gasteiger partial charge in [0.15, 0.2) is 15.7 Å². The van der Waals surface area contributed by atoms with Crippen LogP contribution in [0.25, 0.3) is 0 Å². The topological polar surface area (TPSA) is 18.5 Å². The normalized spacial score (nSPS) is 42.3. The van der Waals surface area contributed by atoms with Gasteiger partial charge in [-0.25, -0.2) is 0 Å². The molecule has 0 radical (unpaired) electrons. The Balaban J connectivity index is 2.31. The fraction of sp³-hybridized carbons (Fsp3) is 1.00. The molecule has 78 valence electrons. The van der Waals surface area contributed by atoms with Gasteiger partial charge in [-0.3, -0.25) is 0 Å². The third kappa shape index (κ3) is 1.43. The van der Waals surface area contributed by atoms with Gasteiger partial charge < -0.3 is 9.47 Å². The summed E-state index contributed by atoms with van der Waals surface area (Å²) in [6, 6.07) is 0. The Bertz CT molecular complexity index is 237. The van der Waals surface area contributed by atoms with Crippen molar-refractivity contribution in [2.75, 3.05) is 0 Å². The van der Waals surface area contributed by atoms with Gasteiger partial charge in [0.25, 0.3) is 0 Å². The maximum atomic E-state index is 6.00. The third-order valence-corrected chi connectivity index (χ3v) is 3.55. The van der Waals surface area contributed by atoms with E-state index < -0.39 is 5.59 Å². The van der Waals surface area contributed by atoms with Crippen molar-refractivity contribution in [2.24, 2.45) is 10.8 Å². The van der Waals surface area contributed by atoms with Gasteiger partial charge in [-0.1, -0.05) is 27.7 Å². The number of ether oxygens (including phenoxy) is 2. The van der Waals surface area contributed by atoms with Crippen molar-refractivity contribution >= 4 is 15.7 Å². The molecule has 1 aliphatic carbocycles. The smallest absolute Gasteiger partial charge is 0.165 e. The predicted molar refractivity (Wildman–Crippen MR) is 61.7 cm³/mol. The summed E-state index contributed by atoms with van der Waals surface area (Å²) < 4.78 is 12.0. The zero-order chi connectivity index (χ0) is 10.8. The van der Waals surface area contributed by atoms with E-state index >= 15 is 0 Å². The van der Waals surface area contributed by atoms with Gasteiger partial charge in [-0.05, 0) is 17.3 Å². The lowest BCUT2D eigenvalue weighted by Crippen LogP contribution is -2.36. The van der Waals surface area contributed by atoms with Crippen LogP contribution >= 0.6 is 0 Å². The zero-order valence-electron chi connectivity index (χ0n) is 10.2. The molecule has 0 aromatic carbocycles. The van der Waals surface area contributed by atoms with Gasteiger partial charge in [0.1, 0.15) is 0 Å². The monoisotopic (exact) mass is 194 g/mol. The van der Waals surface area contributed by atoms with Crippen molar-refractivity contribution < 1.29 is 9.47 Å². The van der Waals surface area contributed by atoms with Crippen LogP contribution in [-0.2, 0) is 9.47 Å². The second-order valence-corrected chi connectivity index (χ2v) is 6.63. The maximum absolute atomic E-state index is 6.00. The third-order valence-electron chi connectivity index (χ3n) is 3.55. The SMILES string of the molecule is BC1(B)OC2C(O1)C(C)(C)CC2(C)C. The highest BCUT2D eigenvalue weighted by Crippen LogP contribution is 2.55. The molecule has 0 bridgehead atoms. The summed E-state index contributed by atoms with van der Waals surface area (Å²) in [4.78, 5) is 0. The lowest BCUT2D eigenvalue weighted by atomic mass is 9.75. The van der Waals surface area contributed by atoms with E-state index in [1.807, 2.05) is 15.7 Å². The summed E-state index contributed by atoms with van der Waals surface area (Å²) >= 11 is 0. The van der Waals surface area contributed by atoms with Crippen molar-refractivity contribution in [3.8, 4) is 0 Å². The minimum absolute atomic E-state index is 0.238. The molecule has 1 aliphatic heterocycles. The van der Waals surface area contributed by atoms with Crippen LogP contribution in [0.1, 0.15) is 34.1 Å². The molecule has 2 rings (SSSR count). The highest BCUT2D eigenvalue weighted by atomic mass is 16.7. The van der Waals surface area contributed by atoms with Gasteiger partial charge >= 0.3 is 0 Å². The molecule has 1 saturated heterocycles. The molecule has 0 aromatic heterocycles. The summed E-state index contributed by atoms with van der Waals surface area (Å²) in [6.07, 6.45) is 1.69. The minimum Gasteiger partial charge on any atom is -0.361 e. The number of fused-ring (bicyclic) bond motifs is 1. The molecule has 1 heterocycles. The molecular weight excluding hydrogens is 174 g/mol. The van der Waals surface area contributed by atoms with E-state index in [0.29, 0.717) is 0 Å². The Hall–Kier alpha value is 0.0499. The van der Waals surface area contributed by atoms with E-state index in [4.69, 9.17) is 9.47 Å². The van der Waals surface area contributed by atoms with Gasteiger partial charge in [0.2, 0.25) is 0 Å².